The van der Waals surface area contributed by atoms with E-state index in [1.165, 1.54) is 10.9 Å². The number of amides is 1. The number of halogens is 1. The molecule has 31 heavy (non-hydrogen) atoms. The molecule has 0 saturated heterocycles. The van der Waals surface area contributed by atoms with Crippen LogP contribution in [0.15, 0.2) is 48.7 Å². The lowest BCUT2D eigenvalue weighted by Crippen LogP contribution is -2.24. The Morgan fingerprint density at radius 3 is 2.52 bits per heavy atom. The second kappa shape index (κ2) is 10.9. The van der Waals surface area contributed by atoms with Gasteiger partial charge in [0.25, 0.3) is 5.91 Å². The lowest BCUT2D eigenvalue weighted by molar-refractivity contribution is -0.145. The second-order valence-electron chi connectivity index (χ2n) is 6.68. The first-order valence-corrected chi connectivity index (χ1v) is 10.3. The zero-order valence-corrected chi connectivity index (χ0v) is 18.4. The molecule has 0 aliphatic rings. The molecule has 0 atom stereocenters. The van der Waals surface area contributed by atoms with Crippen molar-refractivity contribution < 1.29 is 19.0 Å². The number of aromatic nitrogens is 3. The Morgan fingerprint density at radius 1 is 1.13 bits per heavy atom. The van der Waals surface area contributed by atoms with E-state index in [4.69, 9.17) is 25.8 Å². The molecule has 1 N–H and O–H groups in total. The highest BCUT2D eigenvalue weighted by atomic mass is 35.5. The van der Waals surface area contributed by atoms with E-state index in [1.807, 2.05) is 45.0 Å². The molecule has 0 radical (unpaired) electrons. The maximum atomic E-state index is 12.7. The molecule has 3 aromatic rings. The molecule has 0 fully saturated rings. The molecule has 1 aromatic heterocycles. The highest BCUT2D eigenvalue weighted by molar-refractivity contribution is 6.31. The van der Waals surface area contributed by atoms with Gasteiger partial charge in [0.2, 0.25) is 0 Å². The molecular weight excluding hydrogens is 420 g/mol. The number of nitrogens with zero attached hydrogens (tertiary/aromatic N) is 3. The Bertz CT molecular complexity index is 1000. The zero-order chi connectivity index (χ0) is 22.2. The summed E-state index contributed by atoms with van der Waals surface area (Å²) in [5.74, 6) is 0.667. The number of anilines is 1. The number of aryl methyl sites for hydroxylation is 1. The molecule has 164 valence electrons. The van der Waals surface area contributed by atoms with Gasteiger partial charge in [-0.1, -0.05) is 34.5 Å². The van der Waals surface area contributed by atoms with Crippen molar-refractivity contribution >= 4 is 23.2 Å². The number of hydrogen-bond donors (Lipinski definition) is 1. The van der Waals surface area contributed by atoms with Gasteiger partial charge in [-0.05, 0) is 51.1 Å². The Labute approximate surface area is 186 Å². The molecule has 0 unspecified atom stereocenters. The first-order valence-electron chi connectivity index (χ1n) is 9.97. The SMILES string of the molecule is CCOC(Cn1cc(C(=O)Nc2cc(Cl)ccc2Oc2ccc(C)cc2)nn1)OCC. The summed E-state index contributed by atoms with van der Waals surface area (Å²) in [6.07, 6.45) is 1.07. The van der Waals surface area contributed by atoms with Crippen molar-refractivity contribution in [2.45, 2.75) is 33.6 Å². The van der Waals surface area contributed by atoms with Gasteiger partial charge in [0.15, 0.2) is 17.7 Å². The van der Waals surface area contributed by atoms with Gasteiger partial charge in [0.1, 0.15) is 5.75 Å². The number of hydrogen-bond acceptors (Lipinski definition) is 6. The summed E-state index contributed by atoms with van der Waals surface area (Å²) in [4.78, 5) is 12.7. The number of ether oxygens (including phenoxy) is 3. The molecule has 3 rings (SSSR count). The number of nitrogens with one attached hydrogen (secondary N) is 1. The predicted octanol–water partition coefficient (Wildman–Crippen LogP) is 4.68. The van der Waals surface area contributed by atoms with E-state index in [-0.39, 0.29) is 5.69 Å². The van der Waals surface area contributed by atoms with Crippen LogP contribution in [0.3, 0.4) is 0 Å². The molecule has 1 amide bonds. The van der Waals surface area contributed by atoms with E-state index in [9.17, 15) is 4.79 Å². The Morgan fingerprint density at radius 2 is 1.84 bits per heavy atom. The van der Waals surface area contributed by atoms with Crippen LogP contribution in [0.2, 0.25) is 5.02 Å². The summed E-state index contributed by atoms with van der Waals surface area (Å²) >= 11 is 6.12. The van der Waals surface area contributed by atoms with Crippen molar-refractivity contribution in [2.75, 3.05) is 18.5 Å². The van der Waals surface area contributed by atoms with Crippen LogP contribution in [-0.2, 0) is 16.0 Å². The van der Waals surface area contributed by atoms with E-state index in [2.05, 4.69) is 15.6 Å². The average Bonchev–Trinajstić information content (AvgIpc) is 3.21. The zero-order valence-electron chi connectivity index (χ0n) is 17.7. The van der Waals surface area contributed by atoms with Crippen molar-refractivity contribution in [3.05, 3.63) is 64.9 Å². The Kier molecular flexibility index (Phi) is 8.00. The summed E-state index contributed by atoms with van der Waals surface area (Å²) in [5.41, 5.74) is 1.69. The molecule has 0 aliphatic heterocycles. The van der Waals surface area contributed by atoms with Crippen LogP contribution < -0.4 is 10.1 Å². The van der Waals surface area contributed by atoms with E-state index < -0.39 is 12.2 Å². The van der Waals surface area contributed by atoms with Gasteiger partial charge in [0.05, 0.1) is 18.4 Å². The summed E-state index contributed by atoms with van der Waals surface area (Å²) in [7, 11) is 0. The van der Waals surface area contributed by atoms with E-state index in [0.29, 0.717) is 42.0 Å². The fourth-order valence-electron chi connectivity index (χ4n) is 2.78. The van der Waals surface area contributed by atoms with Crippen molar-refractivity contribution in [3.63, 3.8) is 0 Å². The van der Waals surface area contributed by atoms with Crippen LogP contribution in [0.4, 0.5) is 5.69 Å². The number of benzene rings is 2. The molecule has 0 saturated carbocycles. The average molecular weight is 445 g/mol. The molecule has 8 nitrogen and oxygen atoms in total. The van der Waals surface area contributed by atoms with Crippen molar-refractivity contribution in [3.8, 4) is 11.5 Å². The number of carbonyl (C=O) groups is 1. The summed E-state index contributed by atoms with van der Waals surface area (Å²) in [6, 6.07) is 12.6. The lowest BCUT2D eigenvalue weighted by Gasteiger charge is -2.16. The van der Waals surface area contributed by atoms with Gasteiger partial charge in [-0.15, -0.1) is 5.10 Å². The van der Waals surface area contributed by atoms with Crippen molar-refractivity contribution in [1.82, 2.24) is 15.0 Å². The van der Waals surface area contributed by atoms with E-state index >= 15 is 0 Å². The topological polar surface area (TPSA) is 87.5 Å². The van der Waals surface area contributed by atoms with Crippen molar-refractivity contribution in [1.29, 1.82) is 0 Å². The van der Waals surface area contributed by atoms with Crippen molar-refractivity contribution in [2.24, 2.45) is 0 Å². The fraction of sp³-hybridized carbons (Fsp3) is 0.318. The number of rotatable bonds is 10. The summed E-state index contributed by atoms with van der Waals surface area (Å²) < 4.78 is 18.4. The van der Waals surface area contributed by atoms with Gasteiger partial charge < -0.3 is 19.5 Å². The summed E-state index contributed by atoms with van der Waals surface area (Å²) in [6.45, 7) is 7.09. The monoisotopic (exact) mass is 444 g/mol. The third-order valence-electron chi connectivity index (χ3n) is 4.25. The third kappa shape index (κ3) is 6.52. The van der Waals surface area contributed by atoms with Crippen LogP contribution >= 0.6 is 11.6 Å². The Balaban J connectivity index is 1.72. The minimum Gasteiger partial charge on any atom is -0.455 e. The second-order valence-corrected chi connectivity index (χ2v) is 7.11. The molecular formula is C22H25ClN4O4. The van der Waals surface area contributed by atoms with E-state index in [0.717, 1.165) is 5.56 Å². The summed E-state index contributed by atoms with van der Waals surface area (Å²) in [5, 5.41) is 11.2. The van der Waals surface area contributed by atoms with Crippen LogP contribution in [0, 0.1) is 6.92 Å². The standard InChI is InChI=1S/C22H25ClN4O4/c1-4-29-21(30-5-2)14-27-13-19(25-26-27)22(28)24-18-12-16(23)8-11-20(18)31-17-9-6-15(3)7-10-17/h6-13,21H,4-5,14H2,1-3H3,(H,24,28). The normalized spacial score (nSPS) is 11.0. The van der Waals surface area contributed by atoms with Gasteiger partial charge in [-0.2, -0.15) is 0 Å². The molecule has 0 bridgehead atoms. The third-order valence-corrected chi connectivity index (χ3v) is 4.49. The maximum Gasteiger partial charge on any atom is 0.277 e. The first-order chi connectivity index (χ1) is 15.0. The van der Waals surface area contributed by atoms with Crippen LogP contribution in [0.5, 0.6) is 11.5 Å². The molecule has 2 aromatic carbocycles. The molecule has 0 spiro atoms. The molecule has 9 heteroatoms. The largest absolute Gasteiger partial charge is 0.455 e. The number of carbonyl (C=O) groups excluding carboxylic acids is 1. The quantitative estimate of drug-likeness (QED) is 0.457. The molecule has 0 aliphatic carbocycles. The first kappa shape index (κ1) is 22.7. The van der Waals surface area contributed by atoms with Gasteiger partial charge in [-0.25, -0.2) is 4.68 Å². The molecule has 1 heterocycles. The van der Waals surface area contributed by atoms with Crippen LogP contribution in [-0.4, -0.2) is 40.4 Å². The smallest absolute Gasteiger partial charge is 0.277 e. The van der Waals surface area contributed by atoms with Crippen LogP contribution in [0.25, 0.3) is 0 Å². The van der Waals surface area contributed by atoms with E-state index in [1.54, 1.807) is 18.2 Å². The lowest BCUT2D eigenvalue weighted by atomic mass is 10.2. The minimum atomic E-state index is -0.463. The van der Waals surface area contributed by atoms with Gasteiger partial charge in [0, 0.05) is 18.2 Å². The van der Waals surface area contributed by atoms with Gasteiger partial charge >= 0.3 is 0 Å². The highest BCUT2D eigenvalue weighted by Gasteiger charge is 2.17. The van der Waals surface area contributed by atoms with Crippen LogP contribution in [0.1, 0.15) is 29.9 Å². The fourth-order valence-corrected chi connectivity index (χ4v) is 2.95. The predicted molar refractivity (Wildman–Crippen MR) is 118 cm³/mol. The Hall–Kier alpha value is -2.94. The highest BCUT2D eigenvalue weighted by Crippen LogP contribution is 2.32. The minimum absolute atomic E-state index is 0.146. The maximum absolute atomic E-state index is 12.7. The van der Waals surface area contributed by atoms with Gasteiger partial charge in [-0.3, -0.25) is 4.79 Å².